The molecule has 32 heavy (non-hydrogen) atoms. The van der Waals surface area contributed by atoms with Crippen LogP contribution in [-0.4, -0.2) is 49.9 Å². The molecular weight excluding hydrogens is 408 g/mol. The predicted molar refractivity (Wildman–Crippen MR) is 125 cm³/mol. The fourth-order valence-corrected chi connectivity index (χ4v) is 3.78. The van der Waals surface area contributed by atoms with Crippen LogP contribution in [0.5, 0.6) is 17.2 Å². The Morgan fingerprint density at radius 3 is 2.31 bits per heavy atom. The van der Waals surface area contributed by atoms with Crippen LogP contribution in [0.4, 0.5) is 0 Å². The second kappa shape index (κ2) is 10.8. The van der Waals surface area contributed by atoms with Crippen LogP contribution in [0.3, 0.4) is 0 Å². The zero-order chi connectivity index (χ0) is 23.1. The largest absolute Gasteiger partial charge is 0.493 e. The average Bonchev–Trinajstić information content (AvgIpc) is 2.84. The van der Waals surface area contributed by atoms with E-state index >= 15 is 0 Å². The first-order valence-corrected chi connectivity index (χ1v) is 10.4. The van der Waals surface area contributed by atoms with Crippen molar-refractivity contribution in [2.45, 2.75) is 25.5 Å². The van der Waals surface area contributed by atoms with Gasteiger partial charge in [-0.05, 0) is 41.6 Å². The van der Waals surface area contributed by atoms with Gasteiger partial charge in [-0.15, -0.1) is 0 Å². The van der Waals surface area contributed by atoms with Gasteiger partial charge in [0.2, 0.25) is 5.75 Å². The molecule has 0 radical (unpaired) electrons. The first-order chi connectivity index (χ1) is 15.5. The van der Waals surface area contributed by atoms with E-state index in [4.69, 9.17) is 14.2 Å². The summed E-state index contributed by atoms with van der Waals surface area (Å²) in [6.07, 6.45) is -0.139. The van der Waals surface area contributed by atoms with E-state index in [1.807, 2.05) is 61.5 Å². The number of oxime groups is 1. The lowest BCUT2D eigenvalue weighted by Crippen LogP contribution is -2.33. The van der Waals surface area contributed by atoms with Crippen molar-refractivity contribution < 1.29 is 24.5 Å². The quantitative estimate of drug-likeness (QED) is 0.250. The number of aliphatic hydroxyl groups is 1. The third-order valence-electron chi connectivity index (χ3n) is 5.54. The molecule has 0 fully saturated rings. The first-order valence-electron chi connectivity index (χ1n) is 10.4. The molecule has 0 amide bonds. The van der Waals surface area contributed by atoms with Crippen LogP contribution >= 0.6 is 0 Å². The first kappa shape index (κ1) is 23.4. The van der Waals surface area contributed by atoms with Crippen molar-refractivity contribution in [1.29, 1.82) is 0 Å². The van der Waals surface area contributed by atoms with E-state index in [0.717, 1.165) is 21.9 Å². The van der Waals surface area contributed by atoms with Gasteiger partial charge in [0.05, 0.1) is 33.1 Å². The molecule has 2 unspecified atom stereocenters. The number of nitrogens with zero attached hydrogens (tertiary/aromatic N) is 1. The maximum atomic E-state index is 10.5. The molecule has 0 saturated carbocycles. The molecule has 3 aromatic rings. The van der Waals surface area contributed by atoms with Gasteiger partial charge in [0.1, 0.15) is 0 Å². The van der Waals surface area contributed by atoms with Gasteiger partial charge >= 0.3 is 0 Å². The summed E-state index contributed by atoms with van der Waals surface area (Å²) in [4.78, 5) is 0. The number of fused-ring (bicyclic) bond motifs is 1. The molecule has 0 aliphatic heterocycles. The molecule has 2 atom stereocenters. The van der Waals surface area contributed by atoms with Crippen molar-refractivity contribution in [3.05, 3.63) is 65.7 Å². The fourth-order valence-electron chi connectivity index (χ4n) is 3.78. The highest BCUT2D eigenvalue weighted by Crippen LogP contribution is 2.43. The number of ether oxygens (including phenoxy) is 3. The summed E-state index contributed by atoms with van der Waals surface area (Å²) in [6, 6.07) is 17.0. The summed E-state index contributed by atoms with van der Waals surface area (Å²) in [7, 11) is 4.73. The molecule has 0 aliphatic carbocycles. The van der Waals surface area contributed by atoms with Crippen LogP contribution in [0, 0.1) is 0 Å². The lowest BCUT2D eigenvalue weighted by Gasteiger charge is -2.21. The van der Waals surface area contributed by atoms with Gasteiger partial charge in [-0.25, -0.2) is 0 Å². The van der Waals surface area contributed by atoms with Crippen LogP contribution in [0.1, 0.15) is 30.6 Å². The van der Waals surface area contributed by atoms with Crippen molar-refractivity contribution >= 4 is 16.5 Å². The van der Waals surface area contributed by atoms with E-state index in [-0.39, 0.29) is 6.04 Å². The summed E-state index contributed by atoms with van der Waals surface area (Å²) in [5, 5.41) is 28.7. The number of nitrogens with one attached hydrogen (secondary N) is 1. The highest BCUT2D eigenvalue weighted by molar-refractivity contribution is 6.04. The Kier molecular flexibility index (Phi) is 7.92. The fraction of sp³-hybridized carbons (Fsp3) is 0.320. The summed E-state index contributed by atoms with van der Waals surface area (Å²) < 4.78 is 16.4. The second-order valence-corrected chi connectivity index (χ2v) is 7.48. The topological polar surface area (TPSA) is 92.5 Å². The molecular formula is C25H30N2O5. The van der Waals surface area contributed by atoms with Crippen molar-refractivity contribution in [2.75, 3.05) is 27.9 Å². The van der Waals surface area contributed by atoms with Gasteiger partial charge < -0.3 is 29.8 Å². The SMILES string of the molecule is COc1cc2cc(/C(CCNC(C)C(O)c3ccccc3)=N/O)ccc2c(OC)c1OC. The smallest absolute Gasteiger partial charge is 0.203 e. The van der Waals surface area contributed by atoms with E-state index in [1.165, 1.54) is 0 Å². The molecule has 0 aliphatic rings. The highest BCUT2D eigenvalue weighted by atomic mass is 16.5. The molecule has 0 heterocycles. The minimum absolute atomic E-state index is 0.157. The van der Waals surface area contributed by atoms with Crippen LogP contribution < -0.4 is 19.5 Å². The Balaban J connectivity index is 1.75. The van der Waals surface area contributed by atoms with E-state index in [2.05, 4.69) is 10.5 Å². The van der Waals surface area contributed by atoms with Gasteiger partial charge in [0, 0.05) is 24.4 Å². The van der Waals surface area contributed by atoms with Crippen molar-refractivity contribution in [2.24, 2.45) is 5.16 Å². The van der Waals surface area contributed by atoms with E-state index in [0.29, 0.717) is 35.9 Å². The van der Waals surface area contributed by atoms with Gasteiger partial charge in [-0.3, -0.25) is 0 Å². The van der Waals surface area contributed by atoms with Crippen molar-refractivity contribution in [1.82, 2.24) is 5.32 Å². The highest BCUT2D eigenvalue weighted by Gasteiger charge is 2.18. The molecule has 0 spiro atoms. The Morgan fingerprint density at radius 2 is 1.69 bits per heavy atom. The maximum absolute atomic E-state index is 10.5. The molecule has 3 rings (SSSR count). The monoisotopic (exact) mass is 438 g/mol. The average molecular weight is 439 g/mol. The van der Waals surface area contributed by atoms with E-state index in [1.54, 1.807) is 21.3 Å². The molecule has 0 saturated heterocycles. The zero-order valence-corrected chi connectivity index (χ0v) is 18.8. The van der Waals surface area contributed by atoms with Crippen LogP contribution in [-0.2, 0) is 0 Å². The molecule has 170 valence electrons. The minimum Gasteiger partial charge on any atom is -0.493 e. The Bertz CT molecular complexity index is 1070. The third kappa shape index (κ3) is 4.95. The van der Waals surface area contributed by atoms with Gasteiger partial charge in [0.25, 0.3) is 0 Å². The number of benzene rings is 3. The van der Waals surface area contributed by atoms with Crippen molar-refractivity contribution in [3.8, 4) is 17.2 Å². The second-order valence-electron chi connectivity index (χ2n) is 7.48. The number of methoxy groups -OCH3 is 3. The molecule has 0 bridgehead atoms. The van der Waals surface area contributed by atoms with Gasteiger partial charge in [-0.2, -0.15) is 0 Å². The molecule has 0 aromatic heterocycles. The Labute approximate surface area is 188 Å². The Morgan fingerprint density at radius 1 is 0.969 bits per heavy atom. The van der Waals surface area contributed by atoms with E-state index in [9.17, 15) is 10.3 Å². The number of aliphatic hydroxyl groups excluding tert-OH is 1. The number of hydrogen-bond donors (Lipinski definition) is 3. The molecule has 7 nitrogen and oxygen atoms in total. The predicted octanol–water partition coefficient (Wildman–Crippen LogP) is 4.15. The molecule has 7 heteroatoms. The third-order valence-corrected chi connectivity index (χ3v) is 5.54. The van der Waals surface area contributed by atoms with Crippen LogP contribution in [0.15, 0.2) is 59.8 Å². The molecule has 3 aromatic carbocycles. The lowest BCUT2D eigenvalue weighted by molar-refractivity contribution is 0.136. The Hall–Kier alpha value is -3.29. The minimum atomic E-state index is -0.624. The van der Waals surface area contributed by atoms with Crippen LogP contribution in [0.2, 0.25) is 0 Å². The number of rotatable bonds is 10. The van der Waals surface area contributed by atoms with E-state index < -0.39 is 6.10 Å². The molecule has 3 N–H and O–H groups in total. The standard InChI is InChI=1S/C25H30N2O5/c1-16(23(28)17-8-6-5-7-9-17)26-13-12-21(27-29)18-10-11-20-19(14-18)15-22(30-2)25(32-4)24(20)31-3/h5-11,14-16,23,26,28-29H,12-13H2,1-4H3/b27-21+. The number of hydrogen-bond acceptors (Lipinski definition) is 7. The summed E-state index contributed by atoms with van der Waals surface area (Å²) in [5.74, 6) is 1.67. The van der Waals surface area contributed by atoms with Crippen LogP contribution in [0.25, 0.3) is 10.8 Å². The van der Waals surface area contributed by atoms with Crippen molar-refractivity contribution in [3.63, 3.8) is 0 Å². The maximum Gasteiger partial charge on any atom is 0.203 e. The van der Waals surface area contributed by atoms with Gasteiger partial charge in [0.15, 0.2) is 11.5 Å². The normalized spacial score (nSPS) is 13.6. The van der Waals surface area contributed by atoms with Gasteiger partial charge in [-0.1, -0.05) is 41.6 Å². The summed E-state index contributed by atoms with van der Waals surface area (Å²) >= 11 is 0. The zero-order valence-electron chi connectivity index (χ0n) is 18.8. The summed E-state index contributed by atoms with van der Waals surface area (Å²) in [6.45, 7) is 2.47. The summed E-state index contributed by atoms with van der Waals surface area (Å²) in [5.41, 5.74) is 2.18. The lowest BCUT2D eigenvalue weighted by atomic mass is 10.0.